The van der Waals surface area contributed by atoms with Crippen LogP contribution in [0.15, 0.2) is 47.0 Å². The zero-order valence-electron chi connectivity index (χ0n) is 15.9. The first kappa shape index (κ1) is 19.8. The van der Waals surface area contributed by atoms with Crippen molar-refractivity contribution >= 4 is 11.6 Å². The smallest absolute Gasteiger partial charge is 0.244 e. The monoisotopic (exact) mass is 417 g/mol. The fourth-order valence-electron chi connectivity index (χ4n) is 3.67. The van der Waals surface area contributed by atoms with Crippen molar-refractivity contribution in [2.45, 2.75) is 31.5 Å². The van der Waals surface area contributed by atoms with Gasteiger partial charge in [-0.1, -0.05) is 41.0 Å². The van der Waals surface area contributed by atoms with E-state index in [4.69, 9.17) is 20.9 Å². The molecule has 1 N–H and O–H groups in total. The Hall–Kier alpha value is -2.48. The van der Waals surface area contributed by atoms with E-state index in [0.29, 0.717) is 42.7 Å². The van der Waals surface area contributed by atoms with E-state index in [-0.39, 0.29) is 11.9 Å². The molecular weight excluding hydrogens is 397 g/mol. The number of nitrogens with zero attached hydrogens (tertiary/aromatic N) is 3. The minimum atomic E-state index is -0.475. The van der Waals surface area contributed by atoms with Gasteiger partial charge in [0.15, 0.2) is 5.82 Å². The molecule has 8 heteroatoms. The van der Waals surface area contributed by atoms with Crippen molar-refractivity contribution in [2.75, 3.05) is 13.7 Å². The quantitative estimate of drug-likeness (QED) is 0.658. The molecule has 0 spiro atoms. The van der Waals surface area contributed by atoms with Crippen LogP contribution in [0.2, 0.25) is 5.02 Å². The third-order valence-corrected chi connectivity index (χ3v) is 5.43. The number of para-hydroxylation sites is 1. The molecule has 2 heterocycles. The van der Waals surface area contributed by atoms with Gasteiger partial charge in [-0.05, 0) is 30.2 Å². The molecule has 1 fully saturated rings. The van der Waals surface area contributed by atoms with Crippen molar-refractivity contribution in [3.8, 4) is 5.75 Å². The molecule has 0 aliphatic carbocycles. The standard InChI is InChI=1S/C21H21ClFN3O3/c1-28-19-5-3-2-4-14(19)11-26-12-16(27)10-18(26)21-24-20(25-29-21)8-13-6-7-15(23)9-17(13)22/h2-7,9,16,18,27H,8,10-12H2,1H3/t16-,18+/m1/s1. The first-order valence-electron chi connectivity index (χ1n) is 9.34. The Labute approximate surface area is 172 Å². The Morgan fingerprint density at radius 3 is 2.90 bits per heavy atom. The summed E-state index contributed by atoms with van der Waals surface area (Å²) in [5.74, 6) is 1.32. The van der Waals surface area contributed by atoms with Gasteiger partial charge < -0.3 is 14.4 Å². The lowest BCUT2D eigenvalue weighted by molar-refractivity contribution is 0.168. The van der Waals surface area contributed by atoms with Gasteiger partial charge in [0.25, 0.3) is 0 Å². The van der Waals surface area contributed by atoms with Gasteiger partial charge in [0, 0.05) is 30.1 Å². The predicted octanol–water partition coefficient (Wildman–Crippen LogP) is 3.77. The summed E-state index contributed by atoms with van der Waals surface area (Å²) >= 11 is 6.10. The van der Waals surface area contributed by atoms with E-state index in [2.05, 4.69) is 15.0 Å². The predicted molar refractivity (Wildman–Crippen MR) is 105 cm³/mol. The summed E-state index contributed by atoms with van der Waals surface area (Å²) < 4.78 is 24.2. The summed E-state index contributed by atoms with van der Waals surface area (Å²) in [6.07, 6.45) is 0.370. The van der Waals surface area contributed by atoms with Crippen LogP contribution >= 0.6 is 11.6 Å². The number of ether oxygens (including phenoxy) is 1. The maximum atomic E-state index is 13.2. The van der Waals surface area contributed by atoms with Crippen molar-refractivity contribution < 1.29 is 18.8 Å². The second-order valence-corrected chi connectivity index (χ2v) is 7.52. The van der Waals surface area contributed by atoms with Crippen LogP contribution in [0.1, 0.15) is 35.3 Å². The minimum absolute atomic E-state index is 0.195. The van der Waals surface area contributed by atoms with Crippen molar-refractivity contribution in [3.63, 3.8) is 0 Å². The van der Waals surface area contributed by atoms with E-state index in [1.807, 2.05) is 24.3 Å². The van der Waals surface area contributed by atoms with Gasteiger partial charge in [-0.15, -0.1) is 0 Å². The summed E-state index contributed by atoms with van der Waals surface area (Å²) in [5, 5.41) is 14.6. The van der Waals surface area contributed by atoms with E-state index in [9.17, 15) is 9.50 Å². The number of aromatic nitrogens is 2. The topological polar surface area (TPSA) is 71.6 Å². The Morgan fingerprint density at radius 2 is 2.10 bits per heavy atom. The molecule has 1 saturated heterocycles. The zero-order chi connectivity index (χ0) is 20.4. The van der Waals surface area contributed by atoms with Crippen molar-refractivity contribution in [2.24, 2.45) is 0 Å². The molecule has 2 aromatic carbocycles. The Kier molecular flexibility index (Phi) is 5.80. The van der Waals surface area contributed by atoms with Gasteiger partial charge in [-0.3, -0.25) is 4.90 Å². The Bertz CT molecular complexity index is 997. The maximum Gasteiger partial charge on any atom is 0.244 e. The number of halogens is 2. The van der Waals surface area contributed by atoms with Crippen molar-refractivity contribution in [3.05, 3.63) is 76.1 Å². The first-order chi connectivity index (χ1) is 14.0. The molecule has 0 unspecified atom stereocenters. The average Bonchev–Trinajstić information content (AvgIpc) is 3.30. The zero-order valence-corrected chi connectivity index (χ0v) is 16.6. The van der Waals surface area contributed by atoms with Crippen molar-refractivity contribution in [1.29, 1.82) is 0 Å². The summed E-state index contributed by atoms with van der Waals surface area (Å²) in [6.45, 7) is 1.09. The summed E-state index contributed by atoms with van der Waals surface area (Å²) in [5.41, 5.74) is 1.74. The van der Waals surface area contributed by atoms with Gasteiger partial charge in [-0.25, -0.2) is 4.39 Å². The molecule has 0 amide bonds. The van der Waals surface area contributed by atoms with E-state index >= 15 is 0 Å². The number of β-amino-alcohol motifs (C(OH)–C–C–N with tert-alkyl or cyclic N) is 1. The number of hydrogen-bond donors (Lipinski definition) is 1. The Morgan fingerprint density at radius 1 is 1.28 bits per heavy atom. The van der Waals surface area contributed by atoms with Gasteiger partial charge in [0.05, 0.1) is 19.3 Å². The lowest BCUT2D eigenvalue weighted by Gasteiger charge is -2.22. The summed E-state index contributed by atoms with van der Waals surface area (Å²) in [4.78, 5) is 6.61. The minimum Gasteiger partial charge on any atom is -0.496 e. The average molecular weight is 418 g/mol. The molecular formula is C21H21ClFN3O3. The second kappa shape index (κ2) is 8.49. The van der Waals surface area contributed by atoms with Crippen LogP contribution in [0.4, 0.5) is 4.39 Å². The number of aliphatic hydroxyl groups excluding tert-OH is 1. The maximum absolute atomic E-state index is 13.2. The lowest BCUT2D eigenvalue weighted by Crippen LogP contribution is -2.24. The van der Waals surface area contributed by atoms with Crippen LogP contribution in [-0.2, 0) is 13.0 Å². The van der Waals surface area contributed by atoms with Crippen LogP contribution in [0.3, 0.4) is 0 Å². The SMILES string of the molecule is COc1ccccc1CN1C[C@H](O)C[C@H]1c1nc(Cc2ccc(F)cc2Cl)no1. The number of aliphatic hydroxyl groups is 1. The highest BCUT2D eigenvalue weighted by Gasteiger charge is 2.36. The number of rotatable bonds is 6. The van der Waals surface area contributed by atoms with Crippen LogP contribution in [0.25, 0.3) is 0 Å². The number of hydrogen-bond acceptors (Lipinski definition) is 6. The highest BCUT2D eigenvalue weighted by molar-refractivity contribution is 6.31. The van der Waals surface area contributed by atoms with E-state index < -0.39 is 6.10 Å². The molecule has 0 radical (unpaired) electrons. The third-order valence-electron chi connectivity index (χ3n) is 5.08. The highest BCUT2D eigenvalue weighted by Crippen LogP contribution is 2.34. The third kappa shape index (κ3) is 4.42. The highest BCUT2D eigenvalue weighted by atomic mass is 35.5. The molecule has 29 heavy (non-hydrogen) atoms. The van der Waals surface area contributed by atoms with Crippen LogP contribution < -0.4 is 4.74 Å². The molecule has 1 aliphatic rings. The molecule has 2 atom stereocenters. The molecule has 4 rings (SSSR count). The van der Waals surface area contributed by atoms with E-state index in [1.54, 1.807) is 13.2 Å². The molecule has 1 aromatic heterocycles. The fourth-order valence-corrected chi connectivity index (χ4v) is 3.91. The van der Waals surface area contributed by atoms with E-state index in [1.165, 1.54) is 12.1 Å². The van der Waals surface area contributed by atoms with Gasteiger partial charge in [-0.2, -0.15) is 4.98 Å². The number of likely N-dealkylation sites (tertiary alicyclic amines) is 1. The normalized spacial score (nSPS) is 19.6. The van der Waals surface area contributed by atoms with Crippen LogP contribution in [0.5, 0.6) is 5.75 Å². The Balaban J connectivity index is 1.52. The second-order valence-electron chi connectivity index (χ2n) is 7.11. The lowest BCUT2D eigenvalue weighted by atomic mass is 10.1. The molecule has 152 valence electrons. The van der Waals surface area contributed by atoms with Gasteiger partial charge in [0.1, 0.15) is 11.6 Å². The number of methoxy groups -OCH3 is 1. The molecule has 0 saturated carbocycles. The van der Waals surface area contributed by atoms with Gasteiger partial charge in [0.2, 0.25) is 5.89 Å². The van der Waals surface area contributed by atoms with Crippen LogP contribution in [-0.4, -0.2) is 39.9 Å². The molecule has 3 aromatic rings. The number of benzene rings is 2. The van der Waals surface area contributed by atoms with E-state index in [0.717, 1.165) is 16.9 Å². The fraction of sp³-hybridized carbons (Fsp3) is 0.333. The molecule has 6 nitrogen and oxygen atoms in total. The largest absolute Gasteiger partial charge is 0.496 e. The summed E-state index contributed by atoms with van der Waals surface area (Å²) in [6, 6.07) is 11.8. The van der Waals surface area contributed by atoms with Crippen LogP contribution in [0, 0.1) is 5.82 Å². The molecule has 1 aliphatic heterocycles. The van der Waals surface area contributed by atoms with Gasteiger partial charge >= 0.3 is 0 Å². The molecule has 0 bridgehead atoms. The summed E-state index contributed by atoms with van der Waals surface area (Å²) in [7, 11) is 1.64. The first-order valence-corrected chi connectivity index (χ1v) is 9.71. The van der Waals surface area contributed by atoms with Crippen molar-refractivity contribution in [1.82, 2.24) is 15.0 Å².